The van der Waals surface area contributed by atoms with E-state index in [-0.39, 0.29) is 0 Å². The van der Waals surface area contributed by atoms with E-state index in [1.165, 1.54) is 6.92 Å². The van der Waals surface area contributed by atoms with Gasteiger partial charge in [0, 0.05) is 0 Å². The van der Waals surface area contributed by atoms with E-state index in [1.807, 2.05) is 0 Å². The Morgan fingerprint density at radius 2 is 2.20 bits per heavy atom. The van der Waals surface area contributed by atoms with Crippen molar-refractivity contribution in [3.05, 3.63) is 0 Å². The zero-order chi connectivity index (χ0) is 7.83. The highest BCUT2D eigenvalue weighted by Crippen LogP contribution is 2.53. The molecule has 1 N–H and O–H groups in total. The number of nitrogens with zero attached hydrogens (tertiary/aromatic N) is 1. The molecule has 0 unspecified atom stereocenters. The first kappa shape index (κ1) is 7.12. The molecule has 1 atom stereocenters. The number of nitriles is 1. The minimum absolute atomic E-state index is 0.637. The Hall–Kier alpha value is -0.990. The van der Waals surface area contributed by atoms with Crippen LogP contribution >= 0.6 is 0 Å². The van der Waals surface area contributed by atoms with Gasteiger partial charge in [0.2, 0.25) is 0 Å². The van der Waals surface area contributed by atoms with Gasteiger partial charge < -0.3 is 5.11 Å². The standard InChI is InChI=1S/C8H9NO/c1-3-7(2,10)8(6-9)4-5-8/h1,10H,4-5H2,2H3/t7-/m0/s1. The number of hydrogen-bond donors (Lipinski definition) is 1. The van der Waals surface area contributed by atoms with Crippen LogP contribution in [0.1, 0.15) is 19.8 Å². The molecule has 0 aromatic carbocycles. The fourth-order valence-electron chi connectivity index (χ4n) is 0.971. The summed E-state index contributed by atoms with van der Waals surface area (Å²) in [6.45, 7) is 1.52. The Bertz CT molecular complexity index is 211. The number of rotatable bonds is 1. The van der Waals surface area contributed by atoms with E-state index in [1.54, 1.807) is 0 Å². The molecule has 0 spiro atoms. The van der Waals surface area contributed by atoms with Gasteiger partial charge in [-0.25, -0.2) is 0 Å². The molecule has 1 aliphatic carbocycles. The molecule has 1 saturated carbocycles. The molecule has 0 aliphatic heterocycles. The largest absolute Gasteiger partial charge is 0.376 e. The Balaban J connectivity index is 2.87. The molecule has 1 fully saturated rings. The average molecular weight is 135 g/mol. The van der Waals surface area contributed by atoms with Gasteiger partial charge in [-0.3, -0.25) is 0 Å². The Morgan fingerprint density at radius 3 is 2.30 bits per heavy atom. The van der Waals surface area contributed by atoms with E-state index in [0.29, 0.717) is 0 Å². The van der Waals surface area contributed by atoms with Crippen LogP contribution in [0.5, 0.6) is 0 Å². The lowest BCUT2D eigenvalue weighted by Crippen LogP contribution is -2.33. The van der Waals surface area contributed by atoms with Crippen LogP contribution in [-0.2, 0) is 0 Å². The summed E-state index contributed by atoms with van der Waals surface area (Å²) in [4.78, 5) is 0. The summed E-state index contributed by atoms with van der Waals surface area (Å²) in [7, 11) is 0. The molecule has 2 nitrogen and oxygen atoms in total. The molecular formula is C8H9NO. The van der Waals surface area contributed by atoms with E-state index in [0.717, 1.165) is 12.8 Å². The Morgan fingerprint density at radius 1 is 1.70 bits per heavy atom. The van der Waals surface area contributed by atoms with Crippen molar-refractivity contribution in [1.82, 2.24) is 0 Å². The van der Waals surface area contributed by atoms with Gasteiger partial charge in [-0.1, -0.05) is 5.92 Å². The minimum Gasteiger partial charge on any atom is -0.376 e. The maximum absolute atomic E-state index is 9.45. The minimum atomic E-state index is -1.23. The van der Waals surface area contributed by atoms with Crippen LogP contribution in [0.15, 0.2) is 0 Å². The van der Waals surface area contributed by atoms with Crippen LogP contribution in [0.4, 0.5) is 0 Å². The lowest BCUT2D eigenvalue weighted by Gasteiger charge is -2.20. The SMILES string of the molecule is C#C[C@](C)(O)C1(C#N)CC1. The second-order valence-electron chi connectivity index (χ2n) is 2.91. The molecule has 0 aromatic rings. The Labute approximate surface area is 60.5 Å². The Kier molecular flexibility index (Phi) is 1.24. The quantitative estimate of drug-likeness (QED) is 0.537. The van der Waals surface area contributed by atoms with E-state index in [2.05, 4.69) is 12.0 Å². The normalized spacial score (nSPS) is 25.6. The van der Waals surface area contributed by atoms with Crippen molar-refractivity contribution in [2.24, 2.45) is 5.41 Å². The van der Waals surface area contributed by atoms with Gasteiger partial charge in [-0.15, -0.1) is 6.42 Å². The first-order chi connectivity index (χ1) is 4.58. The maximum Gasteiger partial charge on any atom is 0.140 e. The highest BCUT2D eigenvalue weighted by atomic mass is 16.3. The third-order valence-electron chi connectivity index (χ3n) is 2.18. The van der Waals surface area contributed by atoms with E-state index < -0.39 is 11.0 Å². The number of aliphatic hydroxyl groups is 1. The highest BCUT2D eigenvalue weighted by Gasteiger charge is 2.56. The molecule has 0 aromatic heterocycles. The summed E-state index contributed by atoms with van der Waals surface area (Å²) in [5.41, 5.74) is -1.87. The lowest BCUT2D eigenvalue weighted by molar-refractivity contribution is 0.0684. The van der Waals surface area contributed by atoms with Crippen LogP contribution in [0.25, 0.3) is 0 Å². The highest BCUT2D eigenvalue weighted by molar-refractivity contribution is 5.27. The van der Waals surface area contributed by atoms with Crippen LogP contribution in [0, 0.1) is 29.1 Å². The van der Waals surface area contributed by atoms with E-state index in [4.69, 9.17) is 11.7 Å². The van der Waals surface area contributed by atoms with Gasteiger partial charge in [-0.05, 0) is 19.8 Å². The average Bonchev–Trinajstić information content (AvgIpc) is 2.67. The van der Waals surface area contributed by atoms with Crippen molar-refractivity contribution < 1.29 is 5.11 Å². The molecular weight excluding hydrogens is 126 g/mol. The van der Waals surface area contributed by atoms with Crippen molar-refractivity contribution in [1.29, 1.82) is 5.26 Å². The second-order valence-corrected chi connectivity index (χ2v) is 2.91. The van der Waals surface area contributed by atoms with Crippen LogP contribution in [0.3, 0.4) is 0 Å². The second kappa shape index (κ2) is 1.75. The summed E-state index contributed by atoms with van der Waals surface area (Å²) in [5.74, 6) is 2.23. The summed E-state index contributed by atoms with van der Waals surface area (Å²) in [5, 5.41) is 18.1. The number of hydrogen-bond acceptors (Lipinski definition) is 2. The van der Waals surface area contributed by atoms with Crippen molar-refractivity contribution in [2.45, 2.75) is 25.4 Å². The third kappa shape index (κ3) is 0.701. The topological polar surface area (TPSA) is 44.0 Å². The van der Waals surface area contributed by atoms with E-state index >= 15 is 0 Å². The maximum atomic E-state index is 9.45. The van der Waals surface area contributed by atoms with Crippen LogP contribution in [0.2, 0.25) is 0 Å². The molecule has 0 amide bonds. The summed E-state index contributed by atoms with van der Waals surface area (Å²) in [6.07, 6.45) is 6.50. The van der Waals surface area contributed by atoms with Gasteiger partial charge >= 0.3 is 0 Å². The van der Waals surface area contributed by atoms with Gasteiger partial charge in [-0.2, -0.15) is 5.26 Å². The summed E-state index contributed by atoms with van der Waals surface area (Å²) in [6, 6.07) is 2.05. The fourth-order valence-corrected chi connectivity index (χ4v) is 0.971. The van der Waals surface area contributed by atoms with Crippen molar-refractivity contribution in [3.8, 4) is 18.4 Å². The van der Waals surface area contributed by atoms with Crippen molar-refractivity contribution in [3.63, 3.8) is 0 Å². The lowest BCUT2D eigenvalue weighted by atomic mass is 9.88. The third-order valence-corrected chi connectivity index (χ3v) is 2.18. The van der Waals surface area contributed by atoms with Gasteiger partial charge in [0.05, 0.1) is 11.5 Å². The van der Waals surface area contributed by atoms with Crippen molar-refractivity contribution >= 4 is 0 Å². The smallest absolute Gasteiger partial charge is 0.140 e. The predicted molar refractivity (Wildman–Crippen MR) is 36.7 cm³/mol. The van der Waals surface area contributed by atoms with Crippen LogP contribution in [-0.4, -0.2) is 10.7 Å². The van der Waals surface area contributed by atoms with Gasteiger partial charge in [0.25, 0.3) is 0 Å². The monoisotopic (exact) mass is 135 g/mol. The molecule has 52 valence electrons. The van der Waals surface area contributed by atoms with Crippen LogP contribution < -0.4 is 0 Å². The molecule has 10 heavy (non-hydrogen) atoms. The first-order valence-electron chi connectivity index (χ1n) is 3.19. The molecule has 0 saturated heterocycles. The molecule has 2 heteroatoms. The summed E-state index contributed by atoms with van der Waals surface area (Å²) < 4.78 is 0. The number of terminal acetylenes is 1. The zero-order valence-corrected chi connectivity index (χ0v) is 5.89. The fraction of sp³-hybridized carbons (Fsp3) is 0.625. The van der Waals surface area contributed by atoms with Crippen molar-refractivity contribution in [2.75, 3.05) is 0 Å². The zero-order valence-electron chi connectivity index (χ0n) is 5.89. The molecule has 0 radical (unpaired) electrons. The van der Waals surface area contributed by atoms with Gasteiger partial charge in [0.15, 0.2) is 0 Å². The first-order valence-corrected chi connectivity index (χ1v) is 3.19. The molecule has 0 bridgehead atoms. The predicted octanol–water partition coefficient (Wildman–Crippen LogP) is 0.674. The molecule has 1 aliphatic rings. The molecule has 1 rings (SSSR count). The summed E-state index contributed by atoms with van der Waals surface area (Å²) >= 11 is 0. The molecule has 0 heterocycles. The van der Waals surface area contributed by atoms with Gasteiger partial charge in [0.1, 0.15) is 5.60 Å². The van der Waals surface area contributed by atoms with E-state index in [9.17, 15) is 5.11 Å².